The van der Waals surface area contributed by atoms with Crippen molar-refractivity contribution in [1.82, 2.24) is 0 Å². The third-order valence-electron chi connectivity index (χ3n) is 5.90. The SMILES string of the molecule is CC1O[C@H](OP(C)P)C(O)[C@@H](C)[C@H]1O.CC1[C@@H](OP(C)P)OC(C)[C@H](C)[C@@H]1C. The van der Waals surface area contributed by atoms with Crippen molar-refractivity contribution in [3.8, 4) is 0 Å². The Bertz CT molecular complexity index is 418. The average Bonchev–Trinajstić information content (AvgIpc) is 2.60. The first-order valence-electron chi connectivity index (χ1n) is 9.84. The number of aliphatic hydroxyl groups is 2. The lowest BCUT2D eigenvalue weighted by Gasteiger charge is -2.42. The Kier molecular flexibility index (Phi) is 12.3. The molecule has 2 aliphatic rings. The third-order valence-corrected chi connectivity index (χ3v) is 7.71. The topological polar surface area (TPSA) is 77.4 Å². The Hall–Kier alpha value is 1.48. The van der Waals surface area contributed by atoms with E-state index in [1.165, 1.54) is 0 Å². The highest BCUT2D eigenvalue weighted by molar-refractivity contribution is 8.10. The Balaban J connectivity index is 0.000000280. The van der Waals surface area contributed by atoms with E-state index in [0.29, 0.717) is 23.9 Å². The fourth-order valence-corrected chi connectivity index (χ4v) is 5.19. The first kappa shape index (κ1) is 27.5. The number of hydrogen-bond acceptors (Lipinski definition) is 6. The summed E-state index contributed by atoms with van der Waals surface area (Å²) in [6, 6.07) is 0. The van der Waals surface area contributed by atoms with E-state index in [0.717, 1.165) is 0 Å². The van der Waals surface area contributed by atoms with Gasteiger partial charge >= 0.3 is 0 Å². The molecule has 2 fully saturated rings. The maximum Gasteiger partial charge on any atom is 0.188 e. The zero-order valence-corrected chi connectivity index (χ0v) is 22.4. The van der Waals surface area contributed by atoms with Gasteiger partial charge in [-0.1, -0.05) is 45.6 Å². The zero-order chi connectivity index (χ0) is 21.8. The number of aliphatic hydroxyl groups excluding tert-OH is 2. The second-order valence-corrected chi connectivity index (χ2v) is 15.1. The molecule has 10 heteroatoms. The van der Waals surface area contributed by atoms with Crippen molar-refractivity contribution in [2.75, 3.05) is 13.3 Å². The minimum atomic E-state index is -0.758. The monoisotopic (exact) mass is 476 g/mol. The molecule has 0 aliphatic carbocycles. The summed E-state index contributed by atoms with van der Waals surface area (Å²) in [5, 5.41) is 19.4. The molecule has 2 aliphatic heterocycles. The second kappa shape index (κ2) is 12.5. The molecule has 0 spiro atoms. The lowest BCUT2D eigenvalue weighted by molar-refractivity contribution is -0.247. The van der Waals surface area contributed by atoms with Crippen molar-refractivity contribution in [3.63, 3.8) is 0 Å². The molecule has 0 aromatic heterocycles. The third kappa shape index (κ3) is 7.87. The molecule has 0 amide bonds. The van der Waals surface area contributed by atoms with Crippen LogP contribution in [0.1, 0.15) is 41.5 Å². The van der Waals surface area contributed by atoms with Crippen LogP contribution >= 0.6 is 33.5 Å². The molecule has 0 radical (unpaired) electrons. The van der Waals surface area contributed by atoms with Crippen molar-refractivity contribution in [2.45, 2.75) is 78.5 Å². The molecule has 8 unspecified atom stereocenters. The van der Waals surface area contributed by atoms with E-state index < -0.39 is 34.2 Å². The van der Waals surface area contributed by atoms with Crippen LogP contribution in [0.15, 0.2) is 0 Å². The van der Waals surface area contributed by atoms with Crippen molar-refractivity contribution in [1.29, 1.82) is 0 Å². The number of rotatable bonds is 4. The predicted octanol–water partition coefficient (Wildman–Crippen LogP) is 4.40. The van der Waals surface area contributed by atoms with Crippen LogP contribution in [-0.4, -0.2) is 60.5 Å². The second-order valence-electron chi connectivity index (χ2n) is 8.14. The van der Waals surface area contributed by atoms with E-state index >= 15 is 0 Å². The van der Waals surface area contributed by atoms with E-state index in [1.54, 1.807) is 13.8 Å². The van der Waals surface area contributed by atoms with E-state index in [9.17, 15) is 10.2 Å². The maximum absolute atomic E-state index is 9.77. The van der Waals surface area contributed by atoms with E-state index in [-0.39, 0.29) is 18.3 Å². The van der Waals surface area contributed by atoms with E-state index in [2.05, 4.69) is 52.2 Å². The summed E-state index contributed by atoms with van der Waals surface area (Å²) in [4.78, 5) is 0. The molecule has 2 N–H and O–H groups in total. The maximum atomic E-state index is 9.77. The van der Waals surface area contributed by atoms with Gasteiger partial charge in [-0.05, 0) is 39.0 Å². The molecule has 0 bridgehead atoms. The van der Waals surface area contributed by atoms with Crippen LogP contribution in [0, 0.1) is 23.7 Å². The predicted molar refractivity (Wildman–Crippen MR) is 125 cm³/mol. The highest BCUT2D eigenvalue weighted by atomic mass is 32.0. The molecular weight excluding hydrogens is 436 g/mol. The van der Waals surface area contributed by atoms with Gasteiger partial charge in [0.2, 0.25) is 0 Å². The highest BCUT2D eigenvalue weighted by Gasteiger charge is 2.41. The smallest absolute Gasteiger partial charge is 0.188 e. The highest BCUT2D eigenvalue weighted by Crippen LogP contribution is 2.47. The van der Waals surface area contributed by atoms with Gasteiger partial charge in [-0.3, -0.25) is 0 Å². The van der Waals surface area contributed by atoms with Crippen LogP contribution in [-0.2, 0) is 18.5 Å². The number of ether oxygens (including phenoxy) is 2. The van der Waals surface area contributed by atoms with Gasteiger partial charge in [0, 0.05) is 27.5 Å². The van der Waals surface area contributed by atoms with E-state index in [1.807, 2.05) is 6.66 Å². The Labute approximate surface area is 178 Å². The van der Waals surface area contributed by atoms with Gasteiger partial charge in [-0.15, -0.1) is 0 Å². The minimum Gasteiger partial charge on any atom is -0.390 e. The molecule has 6 nitrogen and oxygen atoms in total. The van der Waals surface area contributed by atoms with Crippen LogP contribution < -0.4 is 0 Å². The Morgan fingerprint density at radius 3 is 1.61 bits per heavy atom. The Morgan fingerprint density at radius 1 is 0.643 bits per heavy atom. The lowest BCUT2D eigenvalue weighted by Crippen LogP contribution is -2.52. The molecular formula is C18H40O6P4. The largest absolute Gasteiger partial charge is 0.390 e. The van der Waals surface area contributed by atoms with Crippen LogP contribution in [0.25, 0.3) is 0 Å². The van der Waals surface area contributed by atoms with Crippen molar-refractivity contribution < 1.29 is 28.7 Å². The molecule has 2 rings (SSSR count). The van der Waals surface area contributed by atoms with Crippen molar-refractivity contribution in [2.24, 2.45) is 23.7 Å². The molecule has 2 heterocycles. The molecule has 0 aromatic carbocycles. The zero-order valence-electron chi connectivity index (χ0n) is 18.4. The molecule has 168 valence electrons. The lowest BCUT2D eigenvalue weighted by atomic mass is 9.79. The fourth-order valence-electron chi connectivity index (χ4n) is 3.40. The van der Waals surface area contributed by atoms with Crippen LogP contribution in [0.5, 0.6) is 0 Å². The molecule has 28 heavy (non-hydrogen) atoms. The molecule has 0 saturated carbocycles. The van der Waals surface area contributed by atoms with Gasteiger partial charge in [-0.25, -0.2) is 0 Å². The van der Waals surface area contributed by atoms with Crippen LogP contribution in [0.4, 0.5) is 0 Å². The summed E-state index contributed by atoms with van der Waals surface area (Å²) < 4.78 is 22.5. The summed E-state index contributed by atoms with van der Waals surface area (Å²) in [6.07, 6.45) is -1.99. The van der Waals surface area contributed by atoms with Gasteiger partial charge in [0.1, 0.15) is 6.10 Å². The summed E-state index contributed by atoms with van der Waals surface area (Å²) in [5.74, 6) is 1.57. The van der Waals surface area contributed by atoms with Crippen molar-refractivity contribution >= 4 is 33.5 Å². The summed E-state index contributed by atoms with van der Waals surface area (Å²) in [7, 11) is 4.19. The average molecular weight is 476 g/mol. The Morgan fingerprint density at radius 2 is 1.11 bits per heavy atom. The van der Waals surface area contributed by atoms with E-state index in [4.69, 9.17) is 18.5 Å². The minimum absolute atomic E-state index is 0.00943. The number of hydrogen-bond donors (Lipinski definition) is 2. The van der Waals surface area contributed by atoms with Gasteiger partial charge in [0.15, 0.2) is 12.6 Å². The molecule has 2 saturated heterocycles. The standard InChI is InChI=1S/C10H22O2P2.C8H18O4P2/c1-6-7(2)9(4)11-10(8(6)3)12-14(5)13;1-4-6(9)5(2)11-8(7(4)10)12-14(3)13/h6-10H,13H2,1-5H3;4-10H,13H2,1-3H3/t6-,7+,8?,9?,10+,14?;4-,5?,6+,7?,8+,14?/m00/s1. The molecule has 14 atom stereocenters. The first-order valence-corrected chi connectivity index (χ1v) is 16.5. The van der Waals surface area contributed by atoms with Gasteiger partial charge < -0.3 is 28.7 Å². The van der Waals surface area contributed by atoms with Gasteiger partial charge in [0.05, 0.1) is 18.3 Å². The first-order chi connectivity index (χ1) is 12.9. The fraction of sp³-hybridized carbons (Fsp3) is 1.00. The quantitative estimate of drug-likeness (QED) is 0.586. The summed E-state index contributed by atoms with van der Waals surface area (Å²) in [6.45, 7) is 16.5. The summed E-state index contributed by atoms with van der Waals surface area (Å²) >= 11 is 0. The van der Waals surface area contributed by atoms with Crippen molar-refractivity contribution in [3.05, 3.63) is 0 Å². The van der Waals surface area contributed by atoms with Gasteiger partial charge in [-0.2, -0.15) is 0 Å². The normalized spacial score (nSPS) is 46.3. The molecule has 0 aromatic rings. The van der Waals surface area contributed by atoms with Crippen LogP contribution in [0.2, 0.25) is 0 Å². The summed E-state index contributed by atoms with van der Waals surface area (Å²) in [5.41, 5.74) is 0. The van der Waals surface area contributed by atoms with Crippen LogP contribution in [0.3, 0.4) is 0 Å². The van der Waals surface area contributed by atoms with Gasteiger partial charge in [0.25, 0.3) is 0 Å².